The van der Waals surface area contributed by atoms with Crippen molar-refractivity contribution in [3.8, 4) is 17.0 Å². The number of hydrogen-bond donors (Lipinski definition) is 2. The number of nitrogens with zero attached hydrogens (tertiary/aromatic N) is 2. The highest BCUT2D eigenvalue weighted by atomic mass is 16.5. The minimum atomic E-state index is -0.188. The zero-order valence-corrected chi connectivity index (χ0v) is 19.4. The zero-order chi connectivity index (χ0) is 23.8. The van der Waals surface area contributed by atoms with Gasteiger partial charge >= 0.3 is 0 Å². The summed E-state index contributed by atoms with van der Waals surface area (Å²) in [6.45, 7) is 4.69. The quantitative estimate of drug-likeness (QED) is 0.279. The number of ether oxygens (including phenoxy) is 1. The van der Waals surface area contributed by atoms with Crippen LogP contribution >= 0.6 is 0 Å². The van der Waals surface area contributed by atoms with Gasteiger partial charge in [-0.2, -0.15) is 0 Å². The van der Waals surface area contributed by atoms with Crippen molar-refractivity contribution in [2.75, 3.05) is 17.2 Å². The molecular weight excluding hydrogens is 424 g/mol. The van der Waals surface area contributed by atoms with Crippen LogP contribution in [0.25, 0.3) is 11.3 Å². The van der Waals surface area contributed by atoms with E-state index in [0.717, 1.165) is 35.5 Å². The third-order valence-electron chi connectivity index (χ3n) is 5.18. The molecule has 0 radical (unpaired) electrons. The van der Waals surface area contributed by atoms with Crippen LogP contribution in [0.4, 0.5) is 17.2 Å². The zero-order valence-electron chi connectivity index (χ0n) is 19.4. The van der Waals surface area contributed by atoms with E-state index in [1.165, 1.54) is 0 Å². The van der Waals surface area contributed by atoms with Gasteiger partial charge in [-0.3, -0.25) is 4.79 Å². The number of aromatic nitrogens is 2. The predicted molar refractivity (Wildman–Crippen MR) is 137 cm³/mol. The Labute approximate surface area is 200 Å². The number of anilines is 3. The van der Waals surface area contributed by atoms with Crippen molar-refractivity contribution in [2.24, 2.45) is 0 Å². The van der Waals surface area contributed by atoms with Gasteiger partial charge < -0.3 is 15.4 Å². The van der Waals surface area contributed by atoms with Crippen LogP contribution < -0.4 is 15.4 Å². The molecule has 4 aromatic rings. The fourth-order valence-corrected chi connectivity index (χ4v) is 3.45. The third kappa shape index (κ3) is 6.19. The molecule has 0 fully saturated rings. The average molecular weight is 453 g/mol. The average Bonchev–Trinajstić information content (AvgIpc) is 2.85. The van der Waals surface area contributed by atoms with Crippen LogP contribution in [0.5, 0.6) is 5.75 Å². The van der Waals surface area contributed by atoms with Gasteiger partial charge in [0.15, 0.2) is 0 Å². The number of unbranched alkanes of at least 4 members (excludes halogenated alkanes) is 1. The molecule has 2 N–H and O–H groups in total. The molecule has 34 heavy (non-hydrogen) atoms. The van der Waals surface area contributed by atoms with Crippen molar-refractivity contribution < 1.29 is 9.53 Å². The first-order chi connectivity index (χ1) is 16.6. The van der Waals surface area contributed by atoms with Crippen LogP contribution in [0.15, 0.2) is 84.9 Å². The molecule has 0 atom stereocenters. The van der Waals surface area contributed by atoms with E-state index in [4.69, 9.17) is 4.74 Å². The maximum absolute atomic E-state index is 12.8. The van der Waals surface area contributed by atoms with E-state index < -0.39 is 0 Å². The number of rotatable bonds is 9. The fraction of sp³-hybridized carbons (Fsp3) is 0.179. The van der Waals surface area contributed by atoms with Crippen molar-refractivity contribution in [2.45, 2.75) is 26.7 Å². The lowest BCUT2D eigenvalue weighted by molar-refractivity contribution is 0.102. The number of benzene rings is 3. The maximum atomic E-state index is 12.8. The van der Waals surface area contributed by atoms with E-state index in [9.17, 15) is 4.79 Å². The minimum absolute atomic E-state index is 0.188. The SMILES string of the molecule is CCCCOc1ccc(NC(=O)c2cccc(Nc3cc(-c4ccccc4)nc(C)n3)c2)cc1. The normalized spacial score (nSPS) is 10.5. The first kappa shape index (κ1) is 23.0. The Morgan fingerprint density at radius 1 is 0.882 bits per heavy atom. The van der Waals surface area contributed by atoms with E-state index in [-0.39, 0.29) is 5.91 Å². The molecule has 4 rings (SSSR count). The van der Waals surface area contributed by atoms with Gasteiger partial charge in [-0.1, -0.05) is 49.7 Å². The monoisotopic (exact) mass is 452 g/mol. The highest BCUT2D eigenvalue weighted by Crippen LogP contribution is 2.23. The Balaban J connectivity index is 1.44. The smallest absolute Gasteiger partial charge is 0.255 e. The van der Waals surface area contributed by atoms with E-state index in [0.29, 0.717) is 29.5 Å². The Bertz CT molecular complexity index is 1240. The van der Waals surface area contributed by atoms with E-state index in [1.54, 1.807) is 12.1 Å². The van der Waals surface area contributed by atoms with Gasteiger partial charge in [-0.05, 0) is 55.8 Å². The highest BCUT2D eigenvalue weighted by Gasteiger charge is 2.09. The van der Waals surface area contributed by atoms with Gasteiger partial charge in [0.2, 0.25) is 0 Å². The van der Waals surface area contributed by atoms with Gasteiger partial charge in [0.05, 0.1) is 12.3 Å². The summed E-state index contributed by atoms with van der Waals surface area (Å²) in [6.07, 6.45) is 2.11. The summed E-state index contributed by atoms with van der Waals surface area (Å²) in [5.74, 6) is 1.95. The van der Waals surface area contributed by atoms with Crippen molar-refractivity contribution in [3.05, 3.63) is 96.3 Å². The second kappa shape index (κ2) is 11.1. The lowest BCUT2D eigenvalue weighted by Crippen LogP contribution is -2.12. The molecule has 0 unspecified atom stereocenters. The second-order valence-electron chi connectivity index (χ2n) is 7.94. The van der Waals surface area contributed by atoms with Crippen LogP contribution in [0.2, 0.25) is 0 Å². The standard InChI is InChI=1S/C28H28N4O2/c1-3-4-17-34-25-15-13-23(14-16-25)32-28(33)22-11-8-12-24(18-22)31-27-19-26(29-20(2)30-27)21-9-6-5-7-10-21/h5-16,18-19H,3-4,17H2,1-2H3,(H,32,33)(H,29,30,31). The summed E-state index contributed by atoms with van der Waals surface area (Å²) in [7, 11) is 0. The van der Waals surface area contributed by atoms with E-state index >= 15 is 0 Å². The Hall–Kier alpha value is -4.19. The first-order valence-electron chi connectivity index (χ1n) is 11.4. The van der Waals surface area contributed by atoms with Crippen molar-refractivity contribution >= 4 is 23.1 Å². The van der Waals surface area contributed by atoms with Gasteiger partial charge in [-0.15, -0.1) is 0 Å². The molecule has 1 heterocycles. The molecule has 0 aliphatic carbocycles. The molecular formula is C28H28N4O2. The molecule has 172 valence electrons. The largest absolute Gasteiger partial charge is 0.494 e. The second-order valence-corrected chi connectivity index (χ2v) is 7.94. The molecule has 1 aromatic heterocycles. The molecule has 0 aliphatic heterocycles. The fourth-order valence-electron chi connectivity index (χ4n) is 3.45. The summed E-state index contributed by atoms with van der Waals surface area (Å²) in [5, 5.41) is 6.23. The number of nitrogens with one attached hydrogen (secondary N) is 2. The summed E-state index contributed by atoms with van der Waals surface area (Å²) in [6, 6.07) is 26.6. The number of aryl methyl sites for hydroxylation is 1. The Kier molecular flexibility index (Phi) is 7.50. The molecule has 0 aliphatic rings. The lowest BCUT2D eigenvalue weighted by atomic mass is 10.1. The minimum Gasteiger partial charge on any atom is -0.494 e. The van der Waals surface area contributed by atoms with Crippen LogP contribution in [-0.4, -0.2) is 22.5 Å². The van der Waals surface area contributed by atoms with Gasteiger partial charge in [0.25, 0.3) is 5.91 Å². The van der Waals surface area contributed by atoms with E-state index in [1.807, 2.05) is 79.7 Å². The molecule has 0 saturated carbocycles. The third-order valence-corrected chi connectivity index (χ3v) is 5.18. The van der Waals surface area contributed by atoms with Gasteiger partial charge in [0.1, 0.15) is 17.4 Å². The Morgan fingerprint density at radius 2 is 1.68 bits per heavy atom. The van der Waals surface area contributed by atoms with Crippen LogP contribution in [-0.2, 0) is 0 Å². The predicted octanol–water partition coefficient (Wildman–Crippen LogP) is 6.63. The van der Waals surface area contributed by atoms with Crippen molar-refractivity contribution in [1.29, 1.82) is 0 Å². The topological polar surface area (TPSA) is 76.1 Å². The molecule has 3 aromatic carbocycles. The van der Waals surface area contributed by atoms with Crippen molar-refractivity contribution in [3.63, 3.8) is 0 Å². The van der Waals surface area contributed by atoms with Crippen molar-refractivity contribution in [1.82, 2.24) is 9.97 Å². The summed E-state index contributed by atoms with van der Waals surface area (Å²) in [5.41, 5.74) is 3.88. The molecule has 0 saturated heterocycles. The first-order valence-corrected chi connectivity index (χ1v) is 11.4. The van der Waals surface area contributed by atoms with Gasteiger partial charge in [0, 0.05) is 28.6 Å². The Morgan fingerprint density at radius 3 is 2.44 bits per heavy atom. The number of amides is 1. The summed E-state index contributed by atoms with van der Waals surface area (Å²) >= 11 is 0. The van der Waals surface area contributed by atoms with E-state index in [2.05, 4.69) is 27.5 Å². The summed E-state index contributed by atoms with van der Waals surface area (Å²) in [4.78, 5) is 21.9. The molecule has 0 spiro atoms. The molecule has 6 nitrogen and oxygen atoms in total. The van der Waals surface area contributed by atoms with Crippen LogP contribution in [0.1, 0.15) is 35.9 Å². The molecule has 1 amide bonds. The number of hydrogen-bond acceptors (Lipinski definition) is 5. The van der Waals surface area contributed by atoms with Crippen LogP contribution in [0.3, 0.4) is 0 Å². The lowest BCUT2D eigenvalue weighted by Gasteiger charge is -2.11. The molecule has 0 bridgehead atoms. The maximum Gasteiger partial charge on any atom is 0.255 e. The highest BCUT2D eigenvalue weighted by molar-refractivity contribution is 6.04. The number of carbonyl (C=O) groups is 1. The summed E-state index contributed by atoms with van der Waals surface area (Å²) < 4.78 is 5.68. The van der Waals surface area contributed by atoms with Gasteiger partial charge in [-0.25, -0.2) is 9.97 Å². The van der Waals surface area contributed by atoms with Crippen LogP contribution in [0, 0.1) is 6.92 Å². The number of carbonyl (C=O) groups excluding carboxylic acids is 1. The molecule has 6 heteroatoms.